The van der Waals surface area contributed by atoms with Gasteiger partial charge in [0.2, 0.25) is 0 Å². The van der Waals surface area contributed by atoms with Crippen LogP contribution in [-0.2, 0) is 0 Å². The van der Waals surface area contributed by atoms with E-state index in [1.54, 1.807) is 13.2 Å². The third kappa shape index (κ3) is 1.35. The highest BCUT2D eigenvalue weighted by atomic mass is 32.1. The number of aromatic nitrogens is 3. The predicted octanol–water partition coefficient (Wildman–Crippen LogP) is 0.446. The largest absolute Gasteiger partial charge is 0.353 e. The van der Waals surface area contributed by atoms with Gasteiger partial charge in [-0.15, -0.1) is 0 Å². The van der Waals surface area contributed by atoms with Crippen LogP contribution >= 0.6 is 11.3 Å². The summed E-state index contributed by atoms with van der Waals surface area (Å²) in [7, 11) is 1.57. The number of thiazole rings is 1. The maximum absolute atomic E-state index is 11.2. The molecule has 1 amide bonds. The Kier molecular flexibility index (Phi) is 1.90. The van der Waals surface area contributed by atoms with E-state index in [0.717, 1.165) is 4.83 Å². The van der Waals surface area contributed by atoms with Crippen molar-refractivity contribution in [2.24, 2.45) is 0 Å². The minimum atomic E-state index is -0.192. The first kappa shape index (κ1) is 8.06. The van der Waals surface area contributed by atoms with Gasteiger partial charge in [0.1, 0.15) is 16.7 Å². The summed E-state index contributed by atoms with van der Waals surface area (Å²) in [5, 5.41) is 2.92. The SMILES string of the molecule is CNC(=O)c1nc2cncnc2s1. The van der Waals surface area contributed by atoms with Gasteiger partial charge in [0.25, 0.3) is 5.91 Å². The first-order valence-electron chi connectivity index (χ1n) is 3.60. The van der Waals surface area contributed by atoms with Crippen molar-refractivity contribution in [2.75, 3.05) is 7.05 Å². The van der Waals surface area contributed by atoms with E-state index in [4.69, 9.17) is 0 Å². The molecule has 0 aromatic carbocycles. The number of fused-ring (bicyclic) bond motifs is 1. The van der Waals surface area contributed by atoms with Crippen LogP contribution in [0.5, 0.6) is 0 Å². The van der Waals surface area contributed by atoms with Gasteiger partial charge < -0.3 is 5.32 Å². The van der Waals surface area contributed by atoms with Crippen LogP contribution in [0.25, 0.3) is 10.3 Å². The zero-order valence-electron chi connectivity index (χ0n) is 6.81. The maximum atomic E-state index is 11.2. The van der Waals surface area contributed by atoms with Crippen molar-refractivity contribution < 1.29 is 4.79 Å². The third-order valence-corrected chi connectivity index (χ3v) is 2.47. The number of rotatable bonds is 1. The summed E-state index contributed by atoms with van der Waals surface area (Å²) in [5.74, 6) is -0.192. The fourth-order valence-electron chi connectivity index (χ4n) is 0.894. The van der Waals surface area contributed by atoms with E-state index in [9.17, 15) is 4.79 Å². The Morgan fingerprint density at radius 1 is 1.62 bits per heavy atom. The molecular formula is C7H6N4OS. The van der Waals surface area contributed by atoms with E-state index in [1.807, 2.05) is 0 Å². The van der Waals surface area contributed by atoms with Gasteiger partial charge in [-0.3, -0.25) is 4.79 Å². The van der Waals surface area contributed by atoms with Gasteiger partial charge in [-0.2, -0.15) is 0 Å². The molecule has 2 rings (SSSR count). The van der Waals surface area contributed by atoms with Crippen LogP contribution in [0.1, 0.15) is 9.80 Å². The first-order chi connectivity index (χ1) is 6.31. The molecule has 0 aliphatic heterocycles. The summed E-state index contributed by atoms with van der Waals surface area (Å²) in [6.45, 7) is 0. The molecule has 2 aromatic heterocycles. The van der Waals surface area contributed by atoms with Crippen molar-refractivity contribution in [3.8, 4) is 0 Å². The second-order valence-electron chi connectivity index (χ2n) is 2.31. The van der Waals surface area contributed by atoms with Crippen molar-refractivity contribution in [3.05, 3.63) is 17.5 Å². The molecule has 0 unspecified atom stereocenters. The minimum absolute atomic E-state index is 0.192. The molecule has 6 heteroatoms. The topological polar surface area (TPSA) is 67.8 Å². The van der Waals surface area contributed by atoms with Crippen LogP contribution in [0, 0.1) is 0 Å². The Morgan fingerprint density at radius 3 is 3.15 bits per heavy atom. The van der Waals surface area contributed by atoms with Gasteiger partial charge in [-0.25, -0.2) is 15.0 Å². The van der Waals surface area contributed by atoms with Gasteiger partial charge in [0.15, 0.2) is 5.01 Å². The van der Waals surface area contributed by atoms with Crippen molar-refractivity contribution in [2.45, 2.75) is 0 Å². The highest BCUT2D eigenvalue weighted by molar-refractivity contribution is 7.19. The van der Waals surface area contributed by atoms with Crippen LogP contribution in [0.15, 0.2) is 12.5 Å². The molecule has 2 aromatic rings. The van der Waals surface area contributed by atoms with Crippen molar-refractivity contribution in [1.82, 2.24) is 20.3 Å². The number of nitrogens with one attached hydrogen (secondary N) is 1. The normalized spacial score (nSPS) is 10.2. The molecule has 0 fully saturated rings. The van der Waals surface area contributed by atoms with Gasteiger partial charge >= 0.3 is 0 Å². The van der Waals surface area contributed by atoms with E-state index in [1.165, 1.54) is 17.7 Å². The molecule has 0 aliphatic carbocycles. The lowest BCUT2D eigenvalue weighted by Crippen LogP contribution is -2.17. The zero-order chi connectivity index (χ0) is 9.26. The molecule has 5 nitrogen and oxygen atoms in total. The highest BCUT2D eigenvalue weighted by Gasteiger charge is 2.10. The first-order valence-corrected chi connectivity index (χ1v) is 4.41. The molecule has 0 radical (unpaired) electrons. The summed E-state index contributed by atoms with van der Waals surface area (Å²) in [6, 6.07) is 0. The van der Waals surface area contributed by atoms with Gasteiger partial charge in [-0.05, 0) is 0 Å². The second kappa shape index (κ2) is 3.06. The molecule has 0 saturated carbocycles. The van der Waals surface area contributed by atoms with E-state index in [2.05, 4.69) is 20.3 Å². The molecule has 1 N–H and O–H groups in total. The summed E-state index contributed by atoms with van der Waals surface area (Å²) < 4.78 is 0. The predicted molar refractivity (Wildman–Crippen MR) is 48.6 cm³/mol. The van der Waals surface area contributed by atoms with Crippen LogP contribution in [0.3, 0.4) is 0 Å². The van der Waals surface area contributed by atoms with E-state index in [-0.39, 0.29) is 5.91 Å². The molecular weight excluding hydrogens is 188 g/mol. The molecule has 2 heterocycles. The van der Waals surface area contributed by atoms with Crippen molar-refractivity contribution in [3.63, 3.8) is 0 Å². The standard InChI is InChI=1S/C7H6N4OS/c1-8-5(12)7-11-4-2-9-3-10-6(4)13-7/h2-3H,1H3,(H,8,12). The molecule has 0 bridgehead atoms. The Bertz CT molecular complexity index is 419. The smallest absolute Gasteiger partial charge is 0.280 e. The summed E-state index contributed by atoms with van der Waals surface area (Å²) >= 11 is 1.26. The van der Waals surface area contributed by atoms with Crippen molar-refractivity contribution in [1.29, 1.82) is 0 Å². The quantitative estimate of drug-likeness (QED) is 0.715. The Morgan fingerprint density at radius 2 is 2.46 bits per heavy atom. The fourth-order valence-corrected chi connectivity index (χ4v) is 1.72. The van der Waals surface area contributed by atoms with Crippen LogP contribution in [0.2, 0.25) is 0 Å². The van der Waals surface area contributed by atoms with Crippen molar-refractivity contribution >= 4 is 27.6 Å². The molecule has 0 saturated heterocycles. The highest BCUT2D eigenvalue weighted by Crippen LogP contribution is 2.17. The lowest BCUT2D eigenvalue weighted by atomic mass is 10.6. The average Bonchev–Trinajstić information content (AvgIpc) is 2.59. The fraction of sp³-hybridized carbons (Fsp3) is 0.143. The van der Waals surface area contributed by atoms with E-state index >= 15 is 0 Å². The number of hydrogen-bond donors (Lipinski definition) is 1. The van der Waals surface area contributed by atoms with Crippen LogP contribution in [0.4, 0.5) is 0 Å². The Balaban J connectivity index is 2.56. The number of carbonyl (C=O) groups is 1. The van der Waals surface area contributed by atoms with Gasteiger partial charge in [0.05, 0.1) is 6.20 Å². The molecule has 13 heavy (non-hydrogen) atoms. The number of nitrogens with zero attached hydrogens (tertiary/aromatic N) is 3. The van der Waals surface area contributed by atoms with Crippen LogP contribution < -0.4 is 5.32 Å². The Hall–Kier alpha value is -1.56. The average molecular weight is 194 g/mol. The minimum Gasteiger partial charge on any atom is -0.353 e. The molecule has 0 atom stereocenters. The Labute approximate surface area is 77.9 Å². The number of hydrogen-bond acceptors (Lipinski definition) is 5. The van der Waals surface area contributed by atoms with E-state index in [0.29, 0.717) is 10.5 Å². The monoisotopic (exact) mass is 194 g/mol. The van der Waals surface area contributed by atoms with Crippen LogP contribution in [-0.4, -0.2) is 27.9 Å². The van der Waals surface area contributed by atoms with E-state index < -0.39 is 0 Å². The second-order valence-corrected chi connectivity index (χ2v) is 3.29. The third-order valence-electron chi connectivity index (χ3n) is 1.49. The number of amides is 1. The molecule has 0 spiro atoms. The summed E-state index contributed by atoms with van der Waals surface area (Å²) in [6.07, 6.45) is 3.03. The molecule has 0 aliphatic rings. The molecule has 66 valence electrons. The summed E-state index contributed by atoms with van der Waals surface area (Å²) in [5.41, 5.74) is 0.658. The lowest BCUT2D eigenvalue weighted by Gasteiger charge is -1.89. The number of carbonyl (C=O) groups excluding carboxylic acids is 1. The van der Waals surface area contributed by atoms with Gasteiger partial charge in [-0.1, -0.05) is 11.3 Å². The maximum Gasteiger partial charge on any atom is 0.280 e. The summed E-state index contributed by atoms with van der Waals surface area (Å²) in [4.78, 5) is 23.8. The zero-order valence-corrected chi connectivity index (χ0v) is 7.63. The van der Waals surface area contributed by atoms with Gasteiger partial charge in [0, 0.05) is 7.05 Å². The lowest BCUT2D eigenvalue weighted by molar-refractivity contribution is 0.0963.